The summed E-state index contributed by atoms with van der Waals surface area (Å²) in [5.74, 6) is 1.21. The predicted molar refractivity (Wildman–Crippen MR) is 51.6 cm³/mol. The van der Waals surface area contributed by atoms with Crippen molar-refractivity contribution in [3.05, 3.63) is 17.7 Å². The zero-order valence-electron chi connectivity index (χ0n) is 7.87. The van der Waals surface area contributed by atoms with E-state index in [0.29, 0.717) is 29.2 Å². The van der Waals surface area contributed by atoms with Crippen LogP contribution in [0.15, 0.2) is 12.1 Å². The number of rotatable bonds is 2. The van der Waals surface area contributed by atoms with Crippen LogP contribution >= 0.6 is 0 Å². The standard InChI is InChI=1S/C10H11NO3/c1-2-8(12)6-3-9-10(4-7(6)11)14-5-13-9/h3-4H,2,5,11H2,1H3. The quantitative estimate of drug-likeness (QED) is 0.572. The van der Waals surface area contributed by atoms with Crippen molar-refractivity contribution in [1.82, 2.24) is 0 Å². The number of benzene rings is 1. The zero-order valence-corrected chi connectivity index (χ0v) is 7.87. The van der Waals surface area contributed by atoms with E-state index in [2.05, 4.69) is 0 Å². The number of carbonyl (C=O) groups is 1. The van der Waals surface area contributed by atoms with Gasteiger partial charge in [-0.25, -0.2) is 0 Å². The maximum absolute atomic E-state index is 11.5. The van der Waals surface area contributed by atoms with Crippen molar-refractivity contribution in [3.63, 3.8) is 0 Å². The number of nitrogens with two attached hydrogens (primary N) is 1. The average molecular weight is 193 g/mol. The molecule has 0 atom stereocenters. The first-order valence-electron chi connectivity index (χ1n) is 4.44. The highest BCUT2D eigenvalue weighted by atomic mass is 16.7. The van der Waals surface area contributed by atoms with Gasteiger partial charge in [0.25, 0.3) is 0 Å². The molecule has 0 radical (unpaired) electrons. The Morgan fingerprint density at radius 3 is 2.71 bits per heavy atom. The largest absolute Gasteiger partial charge is 0.454 e. The van der Waals surface area contributed by atoms with Crippen LogP contribution in [0.5, 0.6) is 11.5 Å². The molecule has 1 aliphatic heterocycles. The van der Waals surface area contributed by atoms with E-state index < -0.39 is 0 Å². The van der Waals surface area contributed by atoms with Gasteiger partial charge in [-0.1, -0.05) is 6.92 Å². The summed E-state index contributed by atoms with van der Waals surface area (Å²) in [7, 11) is 0. The first kappa shape index (κ1) is 8.87. The molecule has 74 valence electrons. The topological polar surface area (TPSA) is 61.6 Å². The summed E-state index contributed by atoms with van der Waals surface area (Å²) in [5, 5.41) is 0. The lowest BCUT2D eigenvalue weighted by atomic mass is 10.1. The Morgan fingerprint density at radius 1 is 1.43 bits per heavy atom. The summed E-state index contributed by atoms with van der Waals surface area (Å²) in [6.07, 6.45) is 0.434. The summed E-state index contributed by atoms with van der Waals surface area (Å²) in [5.41, 5.74) is 6.67. The number of ketones is 1. The smallest absolute Gasteiger partial charge is 0.231 e. The molecule has 0 fully saturated rings. The second-order valence-corrected chi connectivity index (χ2v) is 3.07. The third kappa shape index (κ3) is 1.28. The average Bonchev–Trinajstić information content (AvgIpc) is 2.62. The highest BCUT2D eigenvalue weighted by Gasteiger charge is 2.18. The maximum atomic E-state index is 11.5. The molecule has 0 saturated carbocycles. The molecule has 2 rings (SSSR count). The lowest BCUT2D eigenvalue weighted by molar-refractivity contribution is 0.0988. The molecule has 1 aromatic rings. The van der Waals surface area contributed by atoms with E-state index in [4.69, 9.17) is 15.2 Å². The van der Waals surface area contributed by atoms with Crippen LogP contribution < -0.4 is 15.2 Å². The first-order valence-corrected chi connectivity index (χ1v) is 4.44. The second-order valence-electron chi connectivity index (χ2n) is 3.07. The number of nitrogen functional groups attached to an aromatic ring is 1. The molecule has 0 aliphatic carbocycles. The van der Waals surface area contributed by atoms with Gasteiger partial charge in [-0.2, -0.15) is 0 Å². The monoisotopic (exact) mass is 193 g/mol. The van der Waals surface area contributed by atoms with E-state index in [-0.39, 0.29) is 12.6 Å². The van der Waals surface area contributed by atoms with E-state index in [1.807, 2.05) is 0 Å². The summed E-state index contributed by atoms with van der Waals surface area (Å²) in [6, 6.07) is 3.27. The Hall–Kier alpha value is -1.71. The Balaban J connectivity index is 2.47. The summed E-state index contributed by atoms with van der Waals surface area (Å²) < 4.78 is 10.3. The number of Topliss-reactive ketones (excluding diaryl/α,β-unsaturated/α-hetero) is 1. The van der Waals surface area contributed by atoms with Crippen LogP contribution in [-0.4, -0.2) is 12.6 Å². The number of hydrogen-bond donors (Lipinski definition) is 1. The molecule has 0 unspecified atom stereocenters. The van der Waals surface area contributed by atoms with Gasteiger partial charge in [-0.05, 0) is 6.07 Å². The van der Waals surface area contributed by atoms with Gasteiger partial charge in [-0.3, -0.25) is 4.79 Å². The third-order valence-corrected chi connectivity index (χ3v) is 2.17. The van der Waals surface area contributed by atoms with Gasteiger partial charge >= 0.3 is 0 Å². The fourth-order valence-electron chi connectivity index (χ4n) is 1.39. The van der Waals surface area contributed by atoms with Crippen molar-refractivity contribution < 1.29 is 14.3 Å². The van der Waals surface area contributed by atoms with Gasteiger partial charge in [0.05, 0.1) is 0 Å². The first-order chi connectivity index (χ1) is 6.72. The predicted octanol–water partition coefficient (Wildman–Crippen LogP) is 1.59. The zero-order chi connectivity index (χ0) is 10.1. The van der Waals surface area contributed by atoms with Crippen molar-refractivity contribution >= 4 is 11.5 Å². The lowest BCUT2D eigenvalue weighted by Gasteiger charge is -2.04. The molecular formula is C10H11NO3. The highest BCUT2D eigenvalue weighted by molar-refractivity contribution is 6.01. The van der Waals surface area contributed by atoms with Crippen molar-refractivity contribution in [2.45, 2.75) is 13.3 Å². The molecule has 0 aromatic heterocycles. The summed E-state index contributed by atoms with van der Waals surface area (Å²) in [4.78, 5) is 11.5. The SMILES string of the molecule is CCC(=O)c1cc2c(cc1N)OCO2. The molecule has 2 N–H and O–H groups in total. The minimum absolute atomic E-state index is 0.0146. The van der Waals surface area contributed by atoms with Gasteiger partial charge in [0.1, 0.15) is 0 Å². The molecule has 4 heteroatoms. The third-order valence-electron chi connectivity index (χ3n) is 2.17. The van der Waals surface area contributed by atoms with Gasteiger partial charge in [0.15, 0.2) is 17.3 Å². The minimum atomic E-state index is 0.0146. The van der Waals surface area contributed by atoms with Gasteiger partial charge in [-0.15, -0.1) is 0 Å². The number of anilines is 1. The van der Waals surface area contributed by atoms with E-state index in [9.17, 15) is 4.79 Å². The molecule has 4 nitrogen and oxygen atoms in total. The van der Waals surface area contributed by atoms with Crippen molar-refractivity contribution in [2.24, 2.45) is 0 Å². The second kappa shape index (κ2) is 3.21. The van der Waals surface area contributed by atoms with Crippen LogP contribution in [0.25, 0.3) is 0 Å². The van der Waals surface area contributed by atoms with Crippen molar-refractivity contribution in [1.29, 1.82) is 0 Å². The maximum Gasteiger partial charge on any atom is 0.231 e. The number of ether oxygens (including phenoxy) is 2. The van der Waals surface area contributed by atoms with Crippen molar-refractivity contribution in [3.8, 4) is 11.5 Å². The van der Waals surface area contributed by atoms with Crippen LogP contribution in [0, 0.1) is 0 Å². The van der Waals surface area contributed by atoms with E-state index in [1.165, 1.54) is 0 Å². The van der Waals surface area contributed by atoms with E-state index in [1.54, 1.807) is 19.1 Å². The molecule has 0 spiro atoms. The van der Waals surface area contributed by atoms with E-state index >= 15 is 0 Å². The highest BCUT2D eigenvalue weighted by Crippen LogP contribution is 2.36. The van der Waals surface area contributed by atoms with Crippen LogP contribution in [0.3, 0.4) is 0 Å². The van der Waals surface area contributed by atoms with Gasteiger partial charge < -0.3 is 15.2 Å². The molecular weight excluding hydrogens is 182 g/mol. The molecule has 1 aliphatic rings. The fraction of sp³-hybridized carbons (Fsp3) is 0.300. The number of fused-ring (bicyclic) bond motifs is 1. The number of hydrogen-bond acceptors (Lipinski definition) is 4. The van der Waals surface area contributed by atoms with Crippen LogP contribution in [0.4, 0.5) is 5.69 Å². The molecule has 1 heterocycles. The van der Waals surface area contributed by atoms with Gasteiger partial charge in [0, 0.05) is 23.7 Å². The lowest BCUT2D eigenvalue weighted by Crippen LogP contribution is -2.02. The summed E-state index contributed by atoms with van der Waals surface area (Å²) in [6.45, 7) is 1.99. The molecule has 1 aromatic carbocycles. The molecule has 0 saturated heterocycles. The Labute approximate surface area is 81.6 Å². The fourth-order valence-corrected chi connectivity index (χ4v) is 1.39. The summed E-state index contributed by atoms with van der Waals surface area (Å²) >= 11 is 0. The van der Waals surface area contributed by atoms with Crippen LogP contribution in [-0.2, 0) is 0 Å². The Kier molecular flexibility index (Phi) is 2.04. The van der Waals surface area contributed by atoms with Gasteiger partial charge in [0.2, 0.25) is 6.79 Å². The molecule has 0 amide bonds. The molecule has 14 heavy (non-hydrogen) atoms. The molecule has 0 bridgehead atoms. The number of carbonyl (C=O) groups excluding carboxylic acids is 1. The van der Waals surface area contributed by atoms with E-state index in [0.717, 1.165) is 0 Å². The normalized spacial score (nSPS) is 12.9. The van der Waals surface area contributed by atoms with Crippen molar-refractivity contribution in [2.75, 3.05) is 12.5 Å². The van der Waals surface area contributed by atoms with Crippen LogP contribution in [0.2, 0.25) is 0 Å². The van der Waals surface area contributed by atoms with Crippen LogP contribution in [0.1, 0.15) is 23.7 Å². The Bertz CT molecular complexity index is 387. The minimum Gasteiger partial charge on any atom is -0.454 e. The Morgan fingerprint density at radius 2 is 2.07 bits per heavy atom.